The smallest absolute Gasteiger partial charge is 0.0360 e. The Bertz CT molecular complexity index is 429. The van der Waals surface area contributed by atoms with Gasteiger partial charge in [0.25, 0.3) is 0 Å². The number of aryl methyl sites for hydroxylation is 2. The lowest BCUT2D eigenvalue weighted by atomic mass is 10.1. The fraction of sp³-hybridized carbons (Fsp3) is 0.294. The summed E-state index contributed by atoms with van der Waals surface area (Å²) in [7, 11) is 4.07. The maximum Gasteiger partial charge on any atom is 0.0360 e. The van der Waals surface area contributed by atoms with E-state index in [9.17, 15) is 0 Å². The highest BCUT2D eigenvalue weighted by molar-refractivity contribution is 5.43. The Labute approximate surface area is 111 Å². The second kappa shape index (κ2) is 7.54. The summed E-state index contributed by atoms with van der Waals surface area (Å²) in [6.45, 7) is 4.28. The van der Waals surface area contributed by atoms with Crippen molar-refractivity contribution in [2.45, 2.75) is 20.3 Å². The minimum absolute atomic E-state index is 1.14. The number of anilines is 1. The second-order valence-corrected chi connectivity index (χ2v) is 4.57. The summed E-state index contributed by atoms with van der Waals surface area (Å²) in [5.74, 6) is 0. The van der Waals surface area contributed by atoms with E-state index in [0.717, 1.165) is 6.42 Å². The van der Waals surface area contributed by atoms with Gasteiger partial charge in [0.1, 0.15) is 0 Å². The molecule has 0 saturated heterocycles. The predicted molar refractivity (Wildman–Crippen MR) is 81.3 cm³/mol. The van der Waals surface area contributed by atoms with Crippen molar-refractivity contribution < 1.29 is 0 Å². The molecule has 0 saturated carbocycles. The predicted octanol–water partition coefficient (Wildman–Crippen LogP) is 4.31. The topological polar surface area (TPSA) is 3.24 Å². The van der Waals surface area contributed by atoms with Gasteiger partial charge in [-0.3, -0.25) is 0 Å². The highest BCUT2D eigenvalue weighted by Crippen LogP contribution is 2.07. The van der Waals surface area contributed by atoms with Gasteiger partial charge in [0, 0.05) is 19.8 Å². The zero-order valence-electron chi connectivity index (χ0n) is 11.9. The second-order valence-electron chi connectivity index (χ2n) is 4.57. The first-order valence-corrected chi connectivity index (χ1v) is 6.41. The summed E-state index contributed by atoms with van der Waals surface area (Å²) < 4.78 is 0. The third kappa shape index (κ3) is 5.05. The molecule has 0 atom stereocenters. The average Bonchev–Trinajstić information content (AvgIpc) is 2.41. The Balaban J connectivity index is 0.000000180. The van der Waals surface area contributed by atoms with E-state index in [2.05, 4.69) is 55.1 Å². The fourth-order valence-electron chi connectivity index (χ4n) is 1.55. The molecule has 18 heavy (non-hydrogen) atoms. The quantitative estimate of drug-likeness (QED) is 0.757. The Kier molecular flexibility index (Phi) is 5.99. The third-order valence-electron chi connectivity index (χ3n) is 2.80. The van der Waals surface area contributed by atoms with E-state index >= 15 is 0 Å². The molecule has 0 amide bonds. The molecule has 0 spiro atoms. The molecule has 1 nitrogen and oxygen atoms in total. The van der Waals surface area contributed by atoms with E-state index < -0.39 is 0 Å². The molecule has 0 bridgehead atoms. The van der Waals surface area contributed by atoms with Crippen LogP contribution in [0.15, 0.2) is 54.6 Å². The molecular formula is C17H23N. The van der Waals surface area contributed by atoms with Gasteiger partial charge in [0.05, 0.1) is 0 Å². The largest absolute Gasteiger partial charge is 0.378 e. The molecule has 0 aliphatic heterocycles. The molecule has 0 radical (unpaired) electrons. The molecule has 1 heteroatoms. The van der Waals surface area contributed by atoms with Crippen molar-refractivity contribution in [3.05, 3.63) is 65.7 Å². The van der Waals surface area contributed by atoms with Crippen LogP contribution < -0.4 is 4.90 Å². The average molecular weight is 241 g/mol. The first-order valence-electron chi connectivity index (χ1n) is 6.41. The fourth-order valence-corrected chi connectivity index (χ4v) is 1.55. The molecule has 96 valence electrons. The molecule has 0 heterocycles. The van der Waals surface area contributed by atoms with E-state index in [1.165, 1.54) is 16.8 Å². The SMILES string of the molecule is CCc1ccc(C)cc1.CN(C)c1ccccc1. The summed E-state index contributed by atoms with van der Waals surface area (Å²) in [6, 6.07) is 18.9. The number of hydrogen-bond donors (Lipinski definition) is 0. The first kappa shape index (κ1) is 14.3. The molecule has 2 aromatic carbocycles. The van der Waals surface area contributed by atoms with E-state index in [1.807, 2.05) is 32.3 Å². The van der Waals surface area contributed by atoms with E-state index in [-0.39, 0.29) is 0 Å². The monoisotopic (exact) mass is 241 g/mol. The lowest BCUT2D eigenvalue weighted by Gasteiger charge is -2.10. The Morgan fingerprint density at radius 1 is 0.833 bits per heavy atom. The van der Waals surface area contributed by atoms with Crippen LogP contribution in [0.2, 0.25) is 0 Å². The van der Waals surface area contributed by atoms with Crippen LogP contribution in [0.4, 0.5) is 5.69 Å². The van der Waals surface area contributed by atoms with Gasteiger partial charge in [-0.1, -0.05) is 55.0 Å². The Morgan fingerprint density at radius 2 is 1.39 bits per heavy atom. The van der Waals surface area contributed by atoms with E-state index in [0.29, 0.717) is 0 Å². The molecule has 2 rings (SSSR count). The molecule has 0 aliphatic rings. The van der Waals surface area contributed by atoms with Crippen LogP contribution in [0.25, 0.3) is 0 Å². The summed E-state index contributed by atoms with van der Waals surface area (Å²) in [5.41, 5.74) is 4.00. The van der Waals surface area contributed by atoms with Crippen LogP contribution in [0, 0.1) is 6.92 Å². The van der Waals surface area contributed by atoms with Gasteiger partial charge in [0.15, 0.2) is 0 Å². The van der Waals surface area contributed by atoms with Crippen molar-refractivity contribution in [3.63, 3.8) is 0 Å². The van der Waals surface area contributed by atoms with Gasteiger partial charge in [0.2, 0.25) is 0 Å². The summed E-state index contributed by atoms with van der Waals surface area (Å²) >= 11 is 0. The van der Waals surface area contributed by atoms with Gasteiger partial charge in [-0.05, 0) is 31.0 Å². The highest BCUT2D eigenvalue weighted by atomic mass is 15.1. The lowest BCUT2D eigenvalue weighted by molar-refractivity contribution is 1.13. The number of hydrogen-bond acceptors (Lipinski definition) is 1. The molecular weight excluding hydrogens is 218 g/mol. The van der Waals surface area contributed by atoms with Crippen LogP contribution in [0.3, 0.4) is 0 Å². The van der Waals surface area contributed by atoms with Crippen molar-refractivity contribution in [1.82, 2.24) is 0 Å². The first-order chi connectivity index (χ1) is 8.63. The minimum atomic E-state index is 1.14. The molecule has 0 aliphatic carbocycles. The zero-order chi connectivity index (χ0) is 13.4. The minimum Gasteiger partial charge on any atom is -0.378 e. The maximum absolute atomic E-state index is 2.18. The van der Waals surface area contributed by atoms with Gasteiger partial charge < -0.3 is 4.90 Å². The van der Waals surface area contributed by atoms with Gasteiger partial charge >= 0.3 is 0 Å². The van der Waals surface area contributed by atoms with Crippen molar-refractivity contribution in [1.29, 1.82) is 0 Å². The normalized spacial score (nSPS) is 9.33. The van der Waals surface area contributed by atoms with Crippen LogP contribution in [0.5, 0.6) is 0 Å². The van der Waals surface area contributed by atoms with Crippen molar-refractivity contribution >= 4 is 5.69 Å². The van der Waals surface area contributed by atoms with Crippen LogP contribution >= 0.6 is 0 Å². The number of rotatable bonds is 2. The maximum atomic E-state index is 2.18. The van der Waals surface area contributed by atoms with Crippen LogP contribution in [0.1, 0.15) is 18.1 Å². The van der Waals surface area contributed by atoms with E-state index in [1.54, 1.807) is 0 Å². The Morgan fingerprint density at radius 3 is 1.78 bits per heavy atom. The molecule has 0 N–H and O–H groups in total. The number of benzene rings is 2. The third-order valence-corrected chi connectivity index (χ3v) is 2.80. The number of nitrogens with zero attached hydrogens (tertiary/aromatic N) is 1. The van der Waals surface area contributed by atoms with Crippen molar-refractivity contribution in [2.75, 3.05) is 19.0 Å². The van der Waals surface area contributed by atoms with Gasteiger partial charge in [-0.2, -0.15) is 0 Å². The number of para-hydroxylation sites is 1. The summed E-state index contributed by atoms with van der Waals surface area (Å²) in [4.78, 5) is 2.08. The van der Waals surface area contributed by atoms with Crippen LogP contribution in [-0.4, -0.2) is 14.1 Å². The summed E-state index contributed by atoms with van der Waals surface area (Å²) in [5, 5.41) is 0. The van der Waals surface area contributed by atoms with Gasteiger partial charge in [-0.15, -0.1) is 0 Å². The van der Waals surface area contributed by atoms with Crippen molar-refractivity contribution in [3.8, 4) is 0 Å². The Hall–Kier alpha value is -1.76. The standard InChI is InChI=1S/C9H12.C8H11N/c1-3-9-6-4-8(2)5-7-9;1-9(2)8-6-4-3-5-7-8/h4-7H,3H2,1-2H3;3-7H,1-2H3. The molecule has 2 aromatic rings. The zero-order valence-corrected chi connectivity index (χ0v) is 11.9. The molecule has 0 fully saturated rings. The lowest BCUT2D eigenvalue weighted by Crippen LogP contribution is -2.07. The molecule has 0 aromatic heterocycles. The molecule has 0 unspecified atom stereocenters. The van der Waals surface area contributed by atoms with E-state index in [4.69, 9.17) is 0 Å². The van der Waals surface area contributed by atoms with Gasteiger partial charge in [-0.25, -0.2) is 0 Å². The van der Waals surface area contributed by atoms with Crippen molar-refractivity contribution in [2.24, 2.45) is 0 Å². The van der Waals surface area contributed by atoms with Crippen LogP contribution in [-0.2, 0) is 6.42 Å². The summed E-state index contributed by atoms with van der Waals surface area (Å²) in [6.07, 6.45) is 1.14. The highest BCUT2D eigenvalue weighted by Gasteiger charge is 1.87.